The van der Waals surface area contributed by atoms with E-state index in [1.807, 2.05) is 12.1 Å². The number of carbonyl (C=O) groups is 1. The second-order valence-electron chi connectivity index (χ2n) is 9.40. The molecule has 1 aromatic carbocycles. The van der Waals surface area contributed by atoms with Crippen molar-refractivity contribution in [2.45, 2.75) is 63.4 Å². The summed E-state index contributed by atoms with van der Waals surface area (Å²) in [5.41, 5.74) is 2.63. The molecule has 0 unspecified atom stereocenters. The Bertz CT molecular complexity index is 1250. The molecule has 2 heterocycles. The fraction of sp³-hybridized carbons (Fsp3) is 0.370. The third kappa shape index (κ3) is 7.35. The first-order chi connectivity index (χ1) is 17.1. The number of hydrogen-bond acceptors (Lipinski definition) is 6. The first-order valence-electron chi connectivity index (χ1n) is 12.0. The number of carboxylic acid groups (broad SMARTS) is 1. The van der Waals surface area contributed by atoms with Crippen LogP contribution in [-0.4, -0.2) is 40.3 Å². The molecule has 0 spiro atoms. The van der Waals surface area contributed by atoms with Gasteiger partial charge < -0.3 is 10.4 Å². The normalized spacial score (nSPS) is 12.0. The van der Waals surface area contributed by atoms with Gasteiger partial charge in [0.2, 0.25) is 10.0 Å². The van der Waals surface area contributed by atoms with Crippen LogP contribution < -0.4 is 5.32 Å². The summed E-state index contributed by atoms with van der Waals surface area (Å²) in [5.74, 6) is -0.639. The molecule has 0 aliphatic heterocycles. The summed E-state index contributed by atoms with van der Waals surface area (Å²) in [6.45, 7) is 6.55. The van der Waals surface area contributed by atoms with Gasteiger partial charge in [-0.15, -0.1) is 0 Å². The largest absolute Gasteiger partial charge is 0.480 e. The third-order valence-corrected chi connectivity index (χ3v) is 7.91. The van der Waals surface area contributed by atoms with E-state index in [4.69, 9.17) is 5.11 Å². The van der Waals surface area contributed by atoms with E-state index in [1.165, 1.54) is 34.4 Å². The monoisotopic (exact) mass is 510 g/mol. The Morgan fingerprint density at radius 2 is 1.72 bits per heavy atom. The molecule has 0 saturated heterocycles. The molecule has 0 aliphatic rings. The van der Waals surface area contributed by atoms with Crippen LogP contribution in [0.1, 0.15) is 56.9 Å². The van der Waals surface area contributed by atoms with Gasteiger partial charge in [0.05, 0.1) is 17.1 Å². The summed E-state index contributed by atoms with van der Waals surface area (Å²) in [5, 5.41) is 11.6. The SMILES string of the molecule is CCCCC(C)(C)c1ccc(CN(Cc2cccc(NCC(=O)O)n2)S(=O)(=O)c2ccncc2)cc1. The molecule has 2 aromatic heterocycles. The molecular formula is C27H34N4O4S. The number of nitrogens with one attached hydrogen (secondary N) is 1. The summed E-state index contributed by atoms with van der Waals surface area (Å²) in [6.07, 6.45) is 6.29. The molecule has 2 N–H and O–H groups in total. The minimum atomic E-state index is -3.85. The quantitative estimate of drug-likeness (QED) is 0.339. The van der Waals surface area contributed by atoms with Crippen LogP contribution in [0.25, 0.3) is 0 Å². The standard InChI is InChI=1S/C27H34N4O4S/c1-4-5-15-27(2,3)22-11-9-21(10-12-22)19-31(36(34,35)24-13-16-28-17-14-24)20-23-7-6-8-25(30-23)29-18-26(32)33/h6-14,16-17H,4-5,15,18-20H2,1-3H3,(H,29,30)(H,32,33). The predicted octanol–water partition coefficient (Wildman–Crippen LogP) is 4.83. The van der Waals surface area contributed by atoms with Gasteiger partial charge in [0.15, 0.2) is 0 Å². The number of unbranched alkanes of at least 4 members (excludes halogenated alkanes) is 1. The van der Waals surface area contributed by atoms with Gasteiger partial charge >= 0.3 is 5.97 Å². The van der Waals surface area contributed by atoms with Crippen LogP contribution in [0.15, 0.2) is 71.9 Å². The molecule has 0 saturated carbocycles. The number of carboxylic acids is 1. The number of nitrogens with zero attached hydrogens (tertiary/aromatic N) is 3. The van der Waals surface area contributed by atoms with E-state index in [-0.39, 0.29) is 29.9 Å². The second-order valence-corrected chi connectivity index (χ2v) is 11.3. The van der Waals surface area contributed by atoms with Crippen LogP contribution in [0.5, 0.6) is 0 Å². The van der Waals surface area contributed by atoms with E-state index in [1.54, 1.807) is 18.2 Å². The van der Waals surface area contributed by atoms with Gasteiger partial charge in [0.25, 0.3) is 0 Å². The molecule has 9 heteroatoms. The lowest BCUT2D eigenvalue weighted by atomic mass is 9.80. The molecule has 36 heavy (non-hydrogen) atoms. The van der Waals surface area contributed by atoms with Gasteiger partial charge in [-0.3, -0.25) is 9.78 Å². The van der Waals surface area contributed by atoms with Gasteiger partial charge in [-0.2, -0.15) is 4.31 Å². The maximum atomic E-state index is 13.6. The summed E-state index contributed by atoms with van der Waals surface area (Å²) < 4.78 is 28.5. The van der Waals surface area contributed by atoms with E-state index in [2.05, 4.69) is 48.2 Å². The molecule has 0 bridgehead atoms. The van der Waals surface area contributed by atoms with E-state index in [9.17, 15) is 13.2 Å². The molecule has 3 rings (SSSR count). The zero-order chi connectivity index (χ0) is 26.2. The van der Waals surface area contributed by atoms with Crippen LogP contribution >= 0.6 is 0 Å². The van der Waals surface area contributed by atoms with Gasteiger partial charge in [0, 0.05) is 18.9 Å². The highest BCUT2D eigenvalue weighted by atomic mass is 32.2. The van der Waals surface area contributed by atoms with Crippen LogP contribution in [0.2, 0.25) is 0 Å². The highest BCUT2D eigenvalue weighted by Gasteiger charge is 2.26. The van der Waals surface area contributed by atoms with Crippen LogP contribution in [-0.2, 0) is 33.3 Å². The number of rotatable bonds is 13. The molecule has 8 nitrogen and oxygen atoms in total. The van der Waals surface area contributed by atoms with Crippen molar-refractivity contribution in [2.24, 2.45) is 0 Å². The highest BCUT2D eigenvalue weighted by Crippen LogP contribution is 2.30. The zero-order valence-corrected chi connectivity index (χ0v) is 21.8. The fourth-order valence-corrected chi connectivity index (χ4v) is 5.31. The van der Waals surface area contributed by atoms with Crippen molar-refractivity contribution in [1.82, 2.24) is 14.3 Å². The molecule has 3 aromatic rings. The summed E-state index contributed by atoms with van der Waals surface area (Å²) >= 11 is 0. The Hall–Kier alpha value is -3.30. The van der Waals surface area contributed by atoms with Crippen LogP contribution in [0.4, 0.5) is 5.82 Å². The topological polar surface area (TPSA) is 112 Å². The lowest BCUT2D eigenvalue weighted by Gasteiger charge is -2.26. The summed E-state index contributed by atoms with van der Waals surface area (Å²) in [7, 11) is -3.85. The first-order valence-corrected chi connectivity index (χ1v) is 13.5. The third-order valence-electron chi connectivity index (χ3n) is 6.10. The Balaban J connectivity index is 1.88. The predicted molar refractivity (Wildman–Crippen MR) is 140 cm³/mol. The van der Waals surface area contributed by atoms with E-state index < -0.39 is 16.0 Å². The minimum absolute atomic E-state index is 0.0248. The Kier molecular flexibility index (Phi) is 9.17. The van der Waals surface area contributed by atoms with Crippen molar-refractivity contribution in [1.29, 1.82) is 0 Å². The zero-order valence-electron chi connectivity index (χ0n) is 21.0. The van der Waals surface area contributed by atoms with E-state index in [0.29, 0.717) is 11.5 Å². The number of benzene rings is 1. The number of hydrogen-bond donors (Lipinski definition) is 2. The molecule has 0 atom stereocenters. The molecule has 0 radical (unpaired) electrons. The number of aromatic nitrogens is 2. The van der Waals surface area contributed by atoms with Crippen molar-refractivity contribution in [2.75, 3.05) is 11.9 Å². The van der Waals surface area contributed by atoms with Gasteiger partial charge in [-0.1, -0.05) is 63.9 Å². The lowest BCUT2D eigenvalue weighted by Crippen LogP contribution is -2.31. The van der Waals surface area contributed by atoms with Gasteiger partial charge in [-0.05, 0) is 47.2 Å². The summed E-state index contributed by atoms with van der Waals surface area (Å²) in [4.78, 5) is 19.4. The van der Waals surface area contributed by atoms with Gasteiger partial charge in [-0.25, -0.2) is 13.4 Å². The van der Waals surface area contributed by atoms with Crippen molar-refractivity contribution < 1.29 is 18.3 Å². The van der Waals surface area contributed by atoms with E-state index >= 15 is 0 Å². The Morgan fingerprint density at radius 1 is 1.03 bits per heavy atom. The van der Waals surface area contributed by atoms with Crippen molar-refractivity contribution in [3.63, 3.8) is 0 Å². The van der Waals surface area contributed by atoms with Crippen molar-refractivity contribution in [3.05, 3.63) is 83.8 Å². The van der Waals surface area contributed by atoms with Gasteiger partial charge in [0.1, 0.15) is 12.4 Å². The minimum Gasteiger partial charge on any atom is -0.480 e. The average molecular weight is 511 g/mol. The van der Waals surface area contributed by atoms with Crippen molar-refractivity contribution >= 4 is 21.8 Å². The Labute approximate surface area is 213 Å². The molecule has 0 amide bonds. The lowest BCUT2D eigenvalue weighted by molar-refractivity contribution is -0.134. The number of pyridine rings is 2. The number of aliphatic carboxylic acids is 1. The Morgan fingerprint density at radius 3 is 2.36 bits per heavy atom. The highest BCUT2D eigenvalue weighted by molar-refractivity contribution is 7.89. The average Bonchev–Trinajstić information content (AvgIpc) is 2.87. The van der Waals surface area contributed by atoms with Crippen LogP contribution in [0.3, 0.4) is 0 Å². The van der Waals surface area contributed by atoms with E-state index in [0.717, 1.165) is 24.8 Å². The molecule has 0 fully saturated rings. The smallest absolute Gasteiger partial charge is 0.322 e. The second kappa shape index (κ2) is 12.1. The van der Waals surface area contributed by atoms with Crippen LogP contribution in [0, 0.1) is 0 Å². The molecule has 192 valence electrons. The maximum Gasteiger partial charge on any atom is 0.322 e. The number of anilines is 1. The van der Waals surface area contributed by atoms with Crippen molar-refractivity contribution in [3.8, 4) is 0 Å². The molecule has 0 aliphatic carbocycles. The number of sulfonamides is 1. The maximum absolute atomic E-state index is 13.6. The summed E-state index contributed by atoms with van der Waals surface area (Å²) in [6, 6.07) is 16.2. The fourth-order valence-electron chi connectivity index (χ4n) is 3.93. The first kappa shape index (κ1) is 27.3. The molecular weight excluding hydrogens is 476 g/mol.